The summed E-state index contributed by atoms with van der Waals surface area (Å²) in [6, 6.07) is 13.5. The second kappa shape index (κ2) is 8.54. The summed E-state index contributed by atoms with van der Waals surface area (Å²) in [5.74, 6) is 0.319. The van der Waals surface area contributed by atoms with E-state index >= 15 is 0 Å². The lowest BCUT2D eigenvalue weighted by molar-refractivity contribution is -0.121. The van der Waals surface area contributed by atoms with Crippen LogP contribution >= 0.6 is 11.3 Å². The van der Waals surface area contributed by atoms with E-state index in [1.54, 1.807) is 25.2 Å². The minimum Gasteiger partial charge on any atom is -0.482 e. The molecule has 0 saturated carbocycles. The zero-order valence-electron chi connectivity index (χ0n) is 16.8. The Morgan fingerprint density at radius 2 is 1.97 bits per heavy atom. The van der Waals surface area contributed by atoms with E-state index in [9.17, 15) is 9.59 Å². The van der Waals surface area contributed by atoms with Crippen LogP contribution in [-0.2, 0) is 22.4 Å². The van der Waals surface area contributed by atoms with Gasteiger partial charge >= 0.3 is 0 Å². The van der Waals surface area contributed by atoms with Gasteiger partial charge in [-0.1, -0.05) is 19.1 Å². The SMILES string of the molecule is CCc1ccc(Nc2nc(CC(=O)Nc3ccc4c(c3)N(C)C(=O)CO4)cs2)cc1. The number of hydrogen-bond acceptors (Lipinski definition) is 6. The first-order chi connectivity index (χ1) is 14.5. The Balaban J connectivity index is 1.37. The number of nitrogens with one attached hydrogen (secondary N) is 2. The van der Waals surface area contributed by atoms with Gasteiger partial charge in [-0.15, -0.1) is 11.3 Å². The largest absolute Gasteiger partial charge is 0.482 e. The number of aryl methyl sites for hydroxylation is 1. The first kappa shape index (κ1) is 19.9. The van der Waals surface area contributed by atoms with Gasteiger partial charge in [0.2, 0.25) is 5.91 Å². The Morgan fingerprint density at radius 3 is 2.73 bits per heavy atom. The van der Waals surface area contributed by atoms with Gasteiger partial charge in [0.25, 0.3) is 5.91 Å². The summed E-state index contributed by atoms with van der Waals surface area (Å²) in [4.78, 5) is 30.3. The molecule has 30 heavy (non-hydrogen) atoms. The van der Waals surface area contributed by atoms with Crippen LogP contribution in [0.2, 0.25) is 0 Å². The Labute approximate surface area is 178 Å². The molecule has 2 N–H and O–H groups in total. The Morgan fingerprint density at radius 1 is 1.20 bits per heavy atom. The van der Waals surface area contributed by atoms with E-state index in [-0.39, 0.29) is 24.8 Å². The van der Waals surface area contributed by atoms with Gasteiger partial charge in [-0.05, 0) is 42.3 Å². The van der Waals surface area contributed by atoms with Gasteiger partial charge in [-0.3, -0.25) is 9.59 Å². The molecule has 0 saturated heterocycles. The zero-order valence-corrected chi connectivity index (χ0v) is 17.6. The van der Waals surface area contributed by atoms with Gasteiger partial charge in [0.1, 0.15) is 5.75 Å². The Bertz CT molecular complexity index is 1080. The van der Waals surface area contributed by atoms with Gasteiger partial charge in [-0.25, -0.2) is 4.98 Å². The molecule has 0 bridgehead atoms. The second-order valence-electron chi connectivity index (χ2n) is 6.97. The van der Waals surface area contributed by atoms with E-state index in [0.29, 0.717) is 22.8 Å². The van der Waals surface area contributed by atoms with Gasteiger partial charge < -0.3 is 20.3 Å². The summed E-state index contributed by atoms with van der Waals surface area (Å²) >= 11 is 1.46. The lowest BCUT2D eigenvalue weighted by atomic mass is 10.1. The number of amides is 2. The van der Waals surface area contributed by atoms with Crippen LogP contribution < -0.4 is 20.3 Å². The predicted molar refractivity (Wildman–Crippen MR) is 119 cm³/mol. The quantitative estimate of drug-likeness (QED) is 0.628. The number of carbonyl (C=O) groups is 2. The summed E-state index contributed by atoms with van der Waals surface area (Å²) in [6.07, 6.45) is 1.16. The first-order valence-electron chi connectivity index (χ1n) is 9.65. The molecule has 0 fully saturated rings. The molecular weight excluding hydrogens is 400 g/mol. The van der Waals surface area contributed by atoms with E-state index in [1.165, 1.54) is 21.8 Å². The average Bonchev–Trinajstić information content (AvgIpc) is 3.18. The fourth-order valence-electron chi connectivity index (χ4n) is 3.11. The van der Waals surface area contributed by atoms with Crippen LogP contribution in [0.25, 0.3) is 0 Å². The van der Waals surface area contributed by atoms with Crippen LogP contribution in [0.4, 0.5) is 22.2 Å². The van der Waals surface area contributed by atoms with Gasteiger partial charge in [0.05, 0.1) is 17.8 Å². The number of ether oxygens (including phenoxy) is 1. The fraction of sp³-hybridized carbons (Fsp3) is 0.227. The fourth-order valence-corrected chi connectivity index (χ4v) is 3.84. The van der Waals surface area contributed by atoms with Crippen molar-refractivity contribution < 1.29 is 14.3 Å². The lowest BCUT2D eigenvalue weighted by Gasteiger charge is -2.26. The summed E-state index contributed by atoms with van der Waals surface area (Å²) < 4.78 is 5.41. The molecule has 4 rings (SSSR count). The smallest absolute Gasteiger partial charge is 0.264 e. The number of fused-ring (bicyclic) bond motifs is 1. The molecule has 1 aliphatic heterocycles. The first-order valence-corrected chi connectivity index (χ1v) is 10.5. The van der Waals surface area contributed by atoms with Crippen molar-refractivity contribution in [3.63, 3.8) is 0 Å². The molecule has 0 atom stereocenters. The third-order valence-electron chi connectivity index (χ3n) is 4.84. The molecule has 2 aromatic carbocycles. The van der Waals surface area contributed by atoms with Crippen LogP contribution in [0.1, 0.15) is 18.2 Å². The predicted octanol–water partition coefficient (Wildman–Crippen LogP) is 3.99. The van der Waals surface area contributed by atoms with Gasteiger partial charge in [0, 0.05) is 23.8 Å². The third kappa shape index (κ3) is 4.44. The number of aromatic nitrogens is 1. The van der Waals surface area contributed by atoms with Gasteiger partial charge in [0.15, 0.2) is 11.7 Å². The Hall–Kier alpha value is -3.39. The summed E-state index contributed by atoms with van der Waals surface area (Å²) in [7, 11) is 1.69. The number of likely N-dealkylation sites (N-methyl/N-ethyl adjacent to an activating group) is 1. The average molecular weight is 423 g/mol. The molecule has 0 spiro atoms. The molecule has 3 aromatic rings. The van der Waals surface area contributed by atoms with Crippen LogP contribution in [-0.4, -0.2) is 30.5 Å². The highest BCUT2D eigenvalue weighted by Gasteiger charge is 2.22. The van der Waals surface area contributed by atoms with E-state index in [1.807, 2.05) is 17.5 Å². The molecule has 1 aromatic heterocycles. The molecule has 8 heteroatoms. The summed E-state index contributed by atoms with van der Waals surface area (Å²) in [5, 5.41) is 8.74. The van der Waals surface area contributed by atoms with E-state index in [0.717, 1.165) is 17.2 Å². The molecule has 1 aliphatic rings. The van der Waals surface area contributed by atoms with Crippen molar-refractivity contribution in [1.29, 1.82) is 0 Å². The minimum absolute atomic E-state index is 0.0259. The highest BCUT2D eigenvalue weighted by molar-refractivity contribution is 7.13. The van der Waals surface area contributed by atoms with Crippen LogP contribution in [0.5, 0.6) is 5.75 Å². The molecule has 0 aliphatic carbocycles. The highest BCUT2D eigenvalue weighted by Crippen LogP contribution is 2.33. The molecule has 0 unspecified atom stereocenters. The number of hydrogen-bond donors (Lipinski definition) is 2. The van der Waals surface area contributed by atoms with Crippen LogP contribution in [0.15, 0.2) is 47.8 Å². The number of nitrogens with zero attached hydrogens (tertiary/aromatic N) is 2. The second-order valence-corrected chi connectivity index (χ2v) is 7.83. The summed E-state index contributed by atoms with van der Waals surface area (Å²) in [5.41, 5.74) is 4.18. The van der Waals surface area contributed by atoms with Crippen molar-refractivity contribution in [2.24, 2.45) is 0 Å². The number of anilines is 4. The number of carbonyl (C=O) groups excluding carboxylic acids is 2. The topological polar surface area (TPSA) is 83.6 Å². The normalized spacial score (nSPS) is 12.9. The maximum absolute atomic E-state index is 12.5. The third-order valence-corrected chi connectivity index (χ3v) is 5.64. The van der Waals surface area contributed by atoms with E-state index in [2.05, 4.69) is 34.7 Å². The number of rotatable bonds is 6. The highest BCUT2D eigenvalue weighted by atomic mass is 32.1. The molecule has 7 nitrogen and oxygen atoms in total. The van der Waals surface area contributed by atoms with Gasteiger partial charge in [-0.2, -0.15) is 0 Å². The van der Waals surface area contributed by atoms with E-state index in [4.69, 9.17) is 4.74 Å². The van der Waals surface area contributed by atoms with Crippen molar-refractivity contribution in [3.05, 3.63) is 59.1 Å². The summed E-state index contributed by atoms with van der Waals surface area (Å²) in [6.45, 7) is 2.15. The van der Waals surface area contributed by atoms with Crippen molar-refractivity contribution in [1.82, 2.24) is 4.98 Å². The lowest BCUT2D eigenvalue weighted by Crippen LogP contribution is -2.35. The maximum atomic E-state index is 12.5. The maximum Gasteiger partial charge on any atom is 0.264 e. The molecular formula is C22H22N4O3S. The molecule has 2 amide bonds. The number of benzene rings is 2. The standard InChI is InChI=1S/C22H22N4O3S/c1-3-14-4-6-15(7-5-14)24-22-25-17(13-30-22)11-20(27)23-16-8-9-19-18(10-16)26(2)21(28)12-29-19/h4-10,13H,3,11-12H2,1-2H3,(H,23,27)(H,24,25). The van der Waals surface area contributed by atoms with Crippen LogP contribution in [0, 0.1) is 0 Å². The van der Waals surface area contributed by atoms with Crippen molar-refractivity contribution >= 4 is 45.3 Å². The minimum atomic E-state index is -0.176. The molecule has 0 radical (unpaired) electrons. The molecule has 154 valence electrons. The molecule has 2 heterocycles. The van der Waals surface area contributed by atoms with Crippen molar-refractivity contribution in [3.8, 4) is 5.75 Å². The van der Waals surface area contributed by atoms with Crippen LogP contribution in [0.3, 0.4) is 0 Å². The monoisotopic (exact) mass is 422 g/mol. The zero-order chi connectivity index (χ0) is 21.1. The Kier molecular flexibility index (Phi) is 5.67. The van der Waals surface area contributed by atoms with E-state index < -0.39 is 0 Å². The number of thiazole rings is 1. The van der Waals surface area contributed by atoms with Crippen molar-refractivity contribution in [2.75, 3.05) is 29.2 Å². The van der Waals surface area contributed by atoms with Crippen molar-refractivity contribution in [2.45, 2.75) is 19.8 Å².